The Morgan fingerprint density at radius 1 is 1.12 bits per heavy atom. The Labute approximate surface area is 192 Å². The SMILES string of the molecule is O=C(O)c1cc(Nc2ccc3ncc(-c4cc5ccccc5s4)n3n2)ccc1OCCCO. The van der Waals surface area contributed by atoms with Crippen LogP contribution in [0, 0.1) is 0 Å². The summed E-state index contributed by atoms with van der Waals surface area (Å²) < 4.78 is 8.45. The van der Waals surface area contributed by atoms with Gasteiger partial charge in [0.1, 0.15) is 17.0 Å². The zero-order valence-corrected chi connectivity index (χ0v) is 18.2. The average molecular weight is 461 g/mol. The number of thiophene rings is 1. The van der Waals surface area contributed by atoms with E-state index in [1.54, 1.807) is 40.2 Å². The maximum atomic E-state index is 11.7. The van der Waals surface area contributed by atoms with Gasteiger partial charge in [-0.25, -0.2) is 14.3 Å². The van der Waals surface area contributed by atoms with Crippen molar-refractivity contribution in [1.29, 1.82) is 0 Å². The summed E-state index contributed by atoms with van der Waals surface area (Å²) >= 11 is 1.68. The van der Waals surface area contributed by atoms with Crippen LogP contribution >= 0.6 is 11.3 Å². The van der Waals surface area contributed by atoms with E-state index >= 15 is 0 Å². The number of imidazole rings is 1. The van der Waals surface area contributed by atoms with Crippen molar-refractivity contribution in [3.63, 3.8) is 0 Å². The van der Waals surface area contributed by atoms with Crippen molar-refractivity contribution < 1.29 is 19.7 Å². The van der Waals surface area contributed by atoms with Crippen LogP contribution in [0.5, 0.6) is 5.75 Å². The fourth-order valence-corrected chi connectivity index (χ4v) is 4.57. The molecule has 8 nitrogen and oxygen atoms in total. The minimum Gasteiger partial charge on any atom is -0.493 e. The Balaban J connectivity index is 1.45. The third kappa shape index (κ3) is 4.23. The van der Waals surface area contributed by atoms with Gasteiger partial charge in [-0.3, -0.25) is 0 Å². The zero-order valence-electron chi connectivity index (χ0n) is 17.4. The second kappa shape index (κ2) is 8.89. The minimum absolute atomic E-state index is 0.0199. The van der Waals surface area contributed by atoms with Crippen LogP contribution in [0.1, 0.15) is 16.8 Å². The summed E-state index contributed by atoms with van der Waals surface area (Å²) in [6, 6.07) is 18.8. The molecule has 0 bridgehead atoms. The highest BCUT2D eigenvalue weighted by atomic mass is 32.1. The quantitative estimate of drug-likeness (QED) is 0.285. The fourth-order valence-electron chi connectivity index (χ4n) is 3.51. The summed E-state index contributed by atoms with van der Waals surface area (Å²) in [6.07, 6.45) is 2.23. The number of aromatic carboxylic acids is 1. The number of fused-ring (bicyclic) bond motifs is 2. The van der Waals surface area contributed by atoms with Crippen LogP contribution in [-0.4, -0.2) is 44.0 Å². The molecule has 5 aromatic rings. The van der Waals surface area contributed by atoms with Crippen molar-refractivity contribution in [3.8, 4) is 16.3 Å². The first-order chi connectivity index (χ1) is 16.1. The minimum atomic E-state index is -1.09. The van der Waals surface area contributed by atoms with E-state index in [0.29, 0.717) is 23.6 Å². The van der Waals surface area contributed by atoms with Crippen LogP contribution in [0.4, 0.5) is 11.5 Å². The van der Waals surface area contributed by atoms with Crippen LogP contribution in [0.25, 0.3) is 26.3 Å². The molecule has 0 radical (unpaired) electrons. The maximum Gasteiger partial charge on any atom is 0.339 e. The van der Waals surface area contributed by atoms with Gasteiger partial charge in [0.15, 0.2) is 11.5 Å². The third-order valence-corrected chi connectivity index (χ3v) is 6.22. The topological polar surface area (TPSA) is 109 Å². The van der Waals surface area contributed by atoms with E-state index in [1.807, 2.05) is 18.2 Å². The number of ether oxygens (including phenoxy) is 1. The molecule has 3 heterocycles. The smallest absolute Gasteiger partial charge is 0.339 e. The summed E-state index contributed by atoms with van der Waals surface area (Å²) in [5, 5.41) is 27.5. The van der Waals surface area contributed by atoms with Crippen LogP contribution in [0.2, 0.25) is 0 Å². The van der Waals surface area contributed by atoms with Gasteiger partial charge in [-0.05, 0) is 47.9 Å². The molecule has 0 saturated carbocycles. The van der Waals surface area contributed by atoms with E-state index in [0.717, 1.165) is 10.6 Å². The van der Waals surface area contributed by atoms with Gasteiger partial charge >= 0.3 is 5.97 Å². The van der Waals surface area contributed by atoms with E-state index in [-0.39, 0.29) is 24.5 Å². The molecule has 3 N–H and O–H groups in total. The van der Waals surface area contributed by atoms with Crippen LogP contribution in [-0.2, 0) is 0 Å². The highest BCUT2D eigenvalue weighted by molar-refractivity contribution is 7.22. The predicted molar refractivity (Wildman–Crippen MR) is 128 cm³/mol. The van der Waals surface area contributed by atoms with Gasteiger partial charge in [0, 0.05) is 23.4 Å². The first-order valence-electron chi connectivity index (χ1n) is 10.3. The Bertz CT molecular complexity index is 1430. The highest BCUT2D eigenvalue weighted by Crippen LogP contribution is 2.33. The molecule has 0 aliphatic heterocycles. The number of benzene rings is 2. The number of carbonyl (C=O) groups is 1. The molecule has 0 fully saturated rings. The first-order valence-corrected chi connectivity index (χ1v) is 11.2. The third-order valence-electron chi connectivity index (χ3n) is 5.08. The summed E-state index contributed by atoms with van der Waals surface area (Å²) in [4.78, 5) is 17.2. The van der Waals surface area contributed by atoms with Crippen molar-refractivity contribution in [1.82, 2.24) is 14.6 Å². The number of carboxylic acid groups (broad SMARTS) is 1. The van der Waals surface area contributed by atoms with Crippen LogP contribution < -0.4 is 10.1 Å². The maximum absolute atomic E-state index is 11.7. The number of aromatic nitrogens is 3. The first kappa shape index (κ1) is 20.9. The molecule has 3 aromatic heterocycles. The Morgan fingerprint density at radius 2 is 2.00 bits per heavy atom. The molecular formula is C24H20N4O4S. The van der Waals surface area contributed by atoms with Gasteiger partial charge in [0.25, 0.3) is 0 Å². The lowest BCUT2D eigenvalue weighted by atomic mass is 10.1. The van der Waals surface area contributed by atoms with Gasteiger partial charge in [-0.1, -0.05) is 18.2 Å². The molecule has 0 atom stereocenters. The second-order valence-corrected chi connectivity index (χ2v) is 8.43. The molecule has 9 heteroatoms. The molecule has 166 valence electrons. The Kier molecular flexibility index (Phi) is 5.64. The summed E-state index contributed by atoms with van der Waals surface area (Å²) in [5.41, 5.74) is 2.20. The van der Waals surface area contributed by atoms with Gasteiger partial charge < -0.3 is 20.3 Å². The summed E-state index contributed by atoms with van der Waals surface area (Å²) in [6.45, 7) is 0.219. The van der Waals surface area contributed by atoms with Gasteiger partial charge in [-0.15, -0.1) is 16.4 Å². The van der Waals surface area contributed by atoms with E-state index in [4.69, 9.17) is 9.84 Å². The molecule has 0 aliphatic carbocycles. The molecular weight excluding hydrogens is 440 g/mol. The van der Waals surface area contributed by atoms with Crippen molar-refractivity contribution in [2.75, 3.05) is 18.5 Å². The van der Waals surface area contributed by atoms with E-state index < -0.39 is 5.97 Å². The largest absolute Gasteiger partial charge is 0.493 e. The average Bonchev–Trinajstić information content (AvgIpc) is 3.43. The molecule has 0 unspecified atom stereocenters. The number of rotatable bonds is 8. The highest BCUT2D eigenvalue weighted by Gasteiger charge is 2.14. The van der Waals surface area contributed by atoms with Crippen LogP contribution in [0.3, 0.4) is 0 Å². The Morgan fingerprint density at radius 3 is 2.82 bits per heavy atom. The number of aliphatic hydroxyl groups excluding tert-OH is 1. The number of hydrogen-bond acceptors (Lipinski definition) is 7. The number of aliphatic hydroxyl groups is 1. The second-order valence-electron chi connectivity index (χ2n) is 7.35. The van der Waals surface area contributed by atoms with E-state index in [1.165, 1.54) is 16.2 Å². The lowest BCUT2D eigenvalue weighted by Crippen LogP contribution is -2.07. The van der Waals surface area contributed by atoms with E-state index in [9.17, 15) is 9.90 Å². The van der Waals surface area contributed by atoms with Gasteiger partial charge in [0.05, 0.1) is 17.7 Å². The number of anilines is 2. The number of hydrogen-bond donors (Lipinski definition) is 3. The molecule has 0 amide bonds. The lowest BCUT2D eigenvalue weighted by molar-refractivity contribution is 0.0692. The lowest BCUT2D eigenvalue weighted by Gasteiger charge is -2.12. The van der Waals surface area contributed by atoms with Gasteiger partial charge in [-0.2, -0.15) is 0 Å². The normalized spacial score (nSPS) is 11.2. The monoisotopic (exact) mass is 460 g/mol. The zero-order chi connectivity index (χ0) is 22.8. The van der Waals surface area contributed by atoms with Crippen molar-refractivity contribution in [3.05, 3.63) is 72.4 Å². The molecule has 0 spiro atoms. The van der Waals surface area contributed by atoms with Crippen LogP contribution in [0.15, 0.2) is 66.9 Å². The molecule has 0 saturated heterocycles. The number of carboxylic acids is 1. The number of nitrogens with one attached hydrogen (secondary N) is 1. The molecule has 0 aliphatic rings. The van der Waals surface area contributed by atoms with Crippen molar-refractivity contribution in [2.45, 2.75) is 6.42 Å². The summed E-state index contributed by atoms with van der Waals surface area (Å²) in [7, 11) is 0. The van der Waals surface area contributed by atoms with Gasteiger partial charge in [0.2, 0.25) is 0 Å². The predicted octanol–water partition coefficient (Wildman–Crippen LogP) is 4.81. The van der Waals surface area contributed by atoms with Crippen molar-refractivity contribution in [2.24, 2.45) is 0 Å². The standard InChI is InChI=1S/C24H20N4O4S/c29-10-3-11-32-19-7-6-16(13-17(19)24(30)31)26-22-8-9-23-25-14-18(28(23)27-22)21-12-15-4-1-2-5-20(15)33-21/h1-2,4-9,12-14,29H,3,10-11H2,(H,26,27)(H,30,31). The fraction of sp³-hybridized carbons (Fsp3) is 0.125. The number of nitrogens with zero attached hydrogens (tertiary/aromatic N) is 3. The molecule has 33 heavy (non-hydrogen) atoms. The van der Waals surface area contributed by atoms with E-state index in [2.05, 4.69) is 33.6 Å². The molecule has 2 aromatic carbocycles. The summed E-state index contributed by atoms with van der Waals surface area (Å²) in [5.74, 6) is -0.289. The molecule has 5 rings (SSSR count). The van der Waals surface area contributed by atoms with Crippen molar-refractivity contribution >= 4 is 44.5 Å². The Hall–Kier alpha value is -3.95.